The van der Waals surface area contributed by atoms with E-state index in [1.54, 1.807) is 0 Å². The van der Waals surface area contributed by atoms with Crippen molar-refractivity contribution in [2.45, 2.75) is 4.90 Å². The van der Waals surface area contributed by atoms with Gasteiger partial charge >= 0.3 is 5.97 Å². The number of ether oxygens (including phenoxy) is 2. The summed E-state index contributed by atoms with van der Waals surface area (Å²) in [6.07, 6.45) is 1.29. The van der Waals surface area contributed by atoms with Crippen LogP contribution < -0.4 is 0 Å². The van der Waals surface area contributed by atoms with Crippen LogP contribution in [-0.2, 0) is 19.5 Å². The Morgan fingerprint density at radius 1 is 1.44 bits per heavy atom. The van der Waals surface area contributed by atoms with E-state index in [9.17, 15) is 13.2 Å². The van der Waals surface area contributed by atoms with E-state index >= 15 is 0 Å². The third kappa shape index (κ3) is 2.40. The molecule has 0 aromatic carbocycles. The molecular weight excluding hydrogens is 260 g/mol. The van der Waals surface area contributed by atoms with Crippen LogP contribution in [0.1, 0.15) is 10.5 Å². The minimum absolute atomic E-state index is 0.0600. The normalized spacial score (nSPS) is 17.6. The molecule has 2 heterocycles. The lowest BCUT2D eigenvalue weighted by Crippen LogP contribution is -2.40. The second kappa shape index (κ2) is 5.09. The molecule has 0 unspecified atom stereocenters. The lowest BCUT2D eigenvalue weighted by Gasteiger charge is -2.25. The Bertz CT molecular complexity index is 530. The summed E-state index contributed by atoms with van der Waals surface area (Å²) < 4.78 is 35.4. The van der Waals surface area contributed by atoms with Crippen LogP contribution in [0.15, 0.2) is 17.2 Å². The number of sulfonamides is 1. The molecule has 2 rings (SSSR count). The summed E-state index contributed by atoms with van der Waals surface area (Å²) in [6.45, 7) is 1.41. The first kappa shape index (κ1) is 13.1. The Kier molecular flexibility index (Phi) is 3.69. The van der Waals surface area contributed by atoms with E-state index in [1.807, 2.05) is 0 Å². The van der Waals surface area contributed by atoms with Crippen LogP contribution in [0.25, 0.3) is 0 Å². The third-order valence-corrected chi connectivity index (χ3v) is 4.55. The summed E-state index contributed by atoms with van der Waals surface area (Å²) in [6, 6.07) is 1.27. The predicted molar refractivity (Wildman–Crippen MR) is 61.7 cm³/mol. The van der Waals surface area contributed by atoms with Gasteiger partial charge in [0.25, 0.3) is 0 Å². The average molecular weight is 274 g/mol. The molecule has 8 heteroatoms. The standard InChI is InChI=1S/C10H14N2O5S/c1-16-10(13)9-6-8(7-11-9)18(14,15)12-2-4-17-5-3-12/h6-7,11H,2-5H2,1H3. The van der Waals surface area contributed by atoms with Crippen molar-refractivity contribution >= 4 is 16.0 Å². The van der Waals surface area contributed by atoms with Crippen molar-refractivity contribution < 1.29 is 22.7 Å². The molecule has 0 aliphatic carbocycles. The van der Waals surface area contributed by atoms with Crippen LogP contribution >= 0.6 is 0 Å². The molecular formula is C10H14N2O5S. The molecule has 1 aliphatic heterocycles. The highest BCUT2D eigenvalue weighted by molar-refractivity contribution is 7.89. The smallest absolute Gasteiger partial charge is 0.354 e. The molecule has 1 fully saturated rings. The summed E-state index contributed by atoms with van der Waals surface area (Å²) in [5.41, 5.74) is 0.115. The van der Waals surface area contributed by atoms with Crippen LogP contribution in [0, 0.1) is 0 Å². The van der Waals surface area contributed by atoms with Gasteiger partial charge in [0.1, 0.15) is 10.6 Å². The number of nitrogens with zero attached hydrogens (tertiary/aromatic N) is 1. The first-order valence-electron chi connectivity index (χ1n) is 5.40. The zero-order valence-corrected chi connectivity index (χ0v) is 10.7. The molecule has 0 saturated carbocycles. The summed E-state index contributed by atoms with van der Waals surface area (Å²) in [7, 11) is -2.33. The lowest BCUT2D eigenvalue weighted by atomic mass is 10.4. The molecule has 1 aromatic heterocycles. The Morgan fingerprint density at radius 3 is 2.72 bits per heavy atom. The minimum Gasteiger partial charge on any atom is -0.464 e. The first-order valence-corrected chi connectivity index (χ1v) is 6.84. The SMILES string of the molecule is COC(=O)c1cc(S(=O)(=O)N2CCOCC2)c[nH]1. The fourth-order valence-corrected chi connectivity index (χ4v) is 3.09. The van der Waals surface area contributed by atoms with Crippen molar-refractivity contribution in [1.82, 2.24) is 9.29 Å². The van der Waals surface area contributed by atoms with Crippen LogP contribution in [-0.4, -0.2) is 57.1 Å². The molecule has 18 heavy (non-hydrogen) atoms. The third-order valence-electron chi connectivity index (χ3n) is 2.67. The van der Waals surface area contributed by atoms with E-state index in [-0.39, 0.29) is 10.6 Å². The number of aromatic nitrogens is 1. The summed E-state index contributed by atoms with van der Waals surface area (Å²) in [4.78, 5) is 13.9. The quantitative estimate of drug-likeness (QED) is 0.773. The van der Waals surface area contributed by atoms with Gasteiger partial charge in [-0.3, -0.25) is 0 Å². The van der Waals surface area contributed by atoms with Crippen LogP contribution in [0.5, 0.6) is 0 Å². The van der Waals surface area contributed by atoms with E-state index in [1.165, 1.54) is 23.7 Å². The number of hydrogen-bond acceptors (Lipinski definition) is 5. The van der Waals surface area contributed by atoms with Gasteiger partial charge in [-0.15, -0.1) is 0 Å². The van der Waals surface area contributed by atoms with Gasteiger partial charge < -0.3 is 14.5 Å². The van der Waals surface area contributed by atoms with Crippen molar-refractivity contribution in [3.8, 4) is 0 Å². The predicted octanol–water partition coefficient (Wildman–Crippen LogP) is -0.178. The second-order valence-electron chi connectivity index (χ2n) is 3.76. The second-order valence-corrected chi connectivity index (χ2v) is 5.70. The Morgan fingerprint density at radius 2 is 2.11 bits per heavy atom. The van der Waals surface area contributed by atoms with E-state index < -0.39 is 16.0 Å². The highest BCUT2D eigenvalue weighted by atomic mass is 32.2. The number of H-pyrrole nitrogens is 1. The Labute approximate surface area is 105 Å². The van der Waals surface area contributed by atoms with Gasteiger partial charge in [0.05, 0.1) is 20.3 Å². The number of esters is 1. The van der Waals surface area contributed by atoms with Crippen molar-refractivity contribution in [1.29, 1.82) is 0 Å². The van der Waals surface area contributed by atoms with E-state index in [0.717, 1.165) is 0 Å². The summed E-state index contributed by atoms with van der Waals surface area (Å²) >= 11 is 0. The molecule has 1 aliphatic rings. The molecule has 1 saturated heterocycles. The fourth-order valence-electron chi connectivity index (χ4n) is 1.69. The molecule has 0 bridgehead atoms. The van der Waals surface area contributed by atoms with Gasteiger partial charge in [-0.25, -0.2) is 13.2 Å². The first-order chi connectivity index (χ1) is 8.55. The van der Waals surface area contributed by atoms with Gasteiger partial charge in [0, 0.05) is 19.3 Å². The molecule has 0 atom stereocenters. The van der Waals surface area contributed by atoms with E-state index in [4.69, 9.17) is 4.74 Å². The Hall–Kier alpha value is -1.38. The zero-order valence-electron chi connectivity index (χ0n) is 9.88. The molecule has 0 amide bonds. The molecule has 0 spiro atoms. The van der Waals surface area contributed by atoms with Gasteiger partial charge in [-0.1, -0.05) is 0 Å². The van der Waals surface area contributed by atoms with Crippen LogP contribution in [0.2, 0.25) is 0 Å². The highest BCUT2D eigenvalue weighted by Crippen LogP contribution is 2.18. The fraction of sp³-hybridized carbons (Fsp3) is 0.500. The van der Waals surface area contributed by atoms with E-state index in [2.05, 4.69) is 9.72 Å². The minimum atomic E-state index is -3.57. The maximum atomic E-state index is 12.2. The molecule has 1 aromatic rings. The molecule has 7 nitrogen and oxygen atoms in total. The number of aromatic amines is 1. The largest absolute Gasteiger partial charge is 0.464 e. The van der Waals surface area contributed by atoms with Crippen molar-refractivity contribution in [2.24, 2.45) is 0 Å². The van der Waals surface area contributed by atoms with Crippen molar-refractivity contribution in [2.75, 3.05) is 33.4 Å². The number of hydrogen-bond donors (Lipinski definition) is 1. The van der Waals surface area contributed by atoms with Crippen LogP contribution in [0.4, 0.5) is 0 Å². The summed E-state index contributed by atoms with van der Waals surface area (Å²) in [5, 5.41) is 0. The van der Waals surface area contributed by atoms with E-state index in [0.29, 0.717) is 26.3 Å². The number of nitrogens with one attached hydrogen (secondary N) is 1. The Balaban J connectivity index is 2.24. The van der Waals surface area contributed by atoms with Gasteiger partial charge in [-0.2, -0.15) is 4.31 Å². The van der Waals surface area contributed by atoms with Gasteiger partial charge in [0.2, 0.25) is 10.0 Å². The molecule has 0 radical (unpaired) electrons. The monoisotopic (exact) mass is 274 g/mol. The van der Waals surface area contributed by atoms with Gasteiger partial charge in [0.15, 0.2) is 0 Å². The van der Waals surface area contributed by atoms with Crippen molar-refractivity contribution in [3.63, 3.8) is 0 Å². The van der Waals surface area contributed by atoms with Crippen LogP contribution in [0.3, 0.4) is 0 Å². The van der Waals surface area contributed by atoms with Crippen molar-refractivity contribution in [3.05, 3.63) is 18.0 Å². The maximum absolute atomic E-state index is 12.2. The topological polar surface area (TPSA) is 88.7 Å². The number of rotatable bonds is 3. The van der Waals surface area contributed by atoms with Gasteiger partial charge in [-0.05, 0) is 6.07 Å². The molecule has 1 N–H and O–H groups in total. The zero-order chi connectivity index (χ0) is 13.2. The number of morpholine rings is 1. The maximum Gasteiger partial charge on any atom is 0.354 e. The lowest BCUT2D eigenvalue weighted by molar-refractivity contribution is 0.0594. The number of carbonyl (C=O) groups is 1. The average Bonchev–Trinajstić information content (AvgIpc) is 2.89. The number of methoxy groups -OCH3 is 1. The molecule has 100 valence electrons. The highest BCUT2D eigenvalue weighted by Gasteiger charge is 2.27. The summed E-state index contributed by atoms with van der Waals surface area (Å²) in [5.74, 6) is -0.599. The number of carbonyl (C=O) groups excluding carboxylic acids is 1.